The van der Waals surface area contributed by atoms with Crippen LogP contribution in [0.2, 0.25) is 0 Å². The Morgan fingerprint density at radius 3 is 1.16 bits per heavy atom. The summed E-state index contributed by atoms with van der Waals surface area (Å²) < 4.78 is 38.1. The van der Waals surface area contributed by atoms with Crippen molar-refractivity contribution in [2.45, 2.75) is 0 Å². The highest BCUT2D eigenvalue weighted by atomic mass is 16.6. The van der Waals surface area contributed by atoms with E-state index in [1.54, 1.807) is 24.3 Å². The molecule has 9 nitrogen and oxygen atoms in total. The molecular formula is C22H24N2O7. The van der Waals surface area contributed by atoms with Crippen LogP contribution < -0.4 is 28.4 Å². The van der Waals surface area contributed by atoms with Crippen molar-refractivity contribution in [3.05, 3.63) is 35.4 Å². The summed E-state index contributed by atoms with van der Waals surface area (Å²) in [5.74, 6) is 2.41. The first-order valence-corrected chi connectivity index (χ1v) is 9.27. The molecule has 0 saturated carbocycles. The first-order valence-electron chi connectivity index (χ1n) is 9.27. The third-order valence-corrected chi connectivity index (χ3v) is 4.13. The summed E-state index contributed by atoms with van der Waals surface area (Å²) in [6.07, 6.45) is 0. The lowest BCUT2D eigenvalue weighted by molar-refractivity contribution is 0.0735. The van der Waals surface area contributed by atoms with Gasteiger partial charge in [0.2, 0.25) is 11.5 Å². The van der Waals surface area contributed by atoms with E-state index >= 15 is 0 Å². The molecule has 0 bridgehead atoms. The van der Waals surface area contributed by atoms with Gasteiger partial charge in [0.15, 0.2) is 23.0 Å². The van der Waals surface area contributed by atoms with E-state index in [-0.39, 0.29) is 26.4 Å². The van der Waals surface area contributed by atoms with E-state index in [4.69, 9.17) is 43.7 Å². The van der Waals surface area contributed by atoms with E-state index in [0.29, 0.717) is 45.6 Å². The molecule has 2 rings (SSSR count). The van der Waals surface area contributed by atoms with E-state index in [0.717, 1.165) is 0 Å². The predicted molar refractivity (Wildman–Crippen MR) is 110 cm³/mol. The molecule has 0 spiro atoms. The Morgan fingerprint density at radius 1 is 0.581 bits per heavy atom. The van der Waals surface area contributed by atoms with Crippen molar-refractivity contribution < 1.29 is 33.2 Å². The second-order valence-corrected chi connectivity index (χ2v) is 5.95. The number of hydrogen-bond acceptors (Lipinski definition) is 9. The normalized spacial score (nSPS) is 9.87. The van der Waals surface area contributed by atoms with Crippen molar-refractivity contribution in [3.63, 3.8) is 0 Å². The topological polar surface area (TPSA) is 112 Å². The lowest BCUT2D eigenvalue weighted by Crippen LogP contribution is -2.13. The van der Waals surface area contributed by atoms with E-state index in [9.17, 15) is 0 Å². The molecule has 0 aliphatic rings. The molecule has 9 heteroatoms. The van der Waals surface area contributed by atoms with Crippen molar-refractivity contribution >= 4 is 0 Å². The van der Waals surface area contributed by atoms with E-state index in [1.165, 1.54) is 28.4 Å². The predicted octanol–water partition coefficient (Wildman–Crippen LogP) is 2.94. The molecule has 0 unspecified atom stereocenters. The lowest BCUT2D eigenvalue weighted by Gasteiger charge is -2.16. The quantitative estimate of drug-likeness (QED) is 0.471. The largest absolute Gasteiger partial charge is 0.493 e. The number of methoxy groups -OCH3 is 4. The summed E-state index contributed by atoms with van der Waals surface area (Å²) in [5.41, 5.74) is 0.811. The van der Waals surface area contributed by atoms with Crippen molar-refractivity contribution in [3.8, 4) is 46.6 Å². The highest BCUT2D eigenvalue weighted by molar-refractivity contribution is 5.57. The zero-order valence-corrected chi connectivity index (χ0v) is 17.9. The van der Waals surface area contributed by atoms with Gasteiger partial charge in [0.25, 0.3) is 0 Å². The van der Waals surface area contributed by atoms with Crippen LogP contribution in [0.4, 0.5) is 0 Å². The molecule has 0 fully saturated rings. The lowest BCUT2D eigenvalue weighted by atomic mass is 10.2. The zero-order chi connectivity index (χ0) is 22.6. The Bertz CT molecular complexity index is 836. The molecule has 0 saturated heterocycles. The van der Waals surface area contributed by atoms with Crippen molar-refractivity contribution in [1.29, 1.82) is 10.5 Å². The molecule has 2 aromatic rings. The fourth-order valence-corrected chi connectivity index (χ4v) is 2.68. The number of benzene rings is 2. The molecule has 0 aliphatic carbocycles. The van der Waals surface area contributed by atoms with Gasteiger partial charge in [-0.3, -0.25) is 0 Å². The molecule has 0 N–H and O–H groups in total. The third kappa shape index (κ3) is 6.08. The molecule has 2 aromatic carbocycles. The highest BCUT2D eigenvalue weighted by Gasteiger charge is 2.15. The highest BCUT2D eigenvalue weighted by Crippen LogP contribution is 2.39. The molecule has 0 aliphatic heterocycles. The van der Waals surface area contributed by atoms with Crippen LogP contribution in [-0.4, -0.2) is 54.9 Å². The number of nitrogens with zero attached hydrogens (tertiary/aromatic N) is 2. The van der Waals surface area contributed by atoms with Crippen LogP contribution >= 0.6 is 0 Å². The van der Waals surface area contributed by atoms with Gasteiger partial charge in [-0.2, -0.15) is 10.5 Å². The second-order valence-electron chi connectivity index (χ2n) is 5.95. The summed E-state index contributed by atoms with van der Waals surface area (Å²) in [6.45, 7) is 1.05. The summed E-state index contributed by atoms with van der Waals surface area (Å²) in [7, 11) is 5.95. The van der Waals surface area contributed by atoms with Gasteiger partial charge in [-0.05, 0) is 0 Å². The summed E-state index contributed by atoms with van der Waals surface area (Å²) in [6, 6.07) is 10.4. The van der Waals surface area contributed by atoms with Crippen molar-refractivity contribution in [2.75, 3.05) is 54.9 Å². The Morgan fingerprint density at radius 2 is 0.903 bits per heavy atom. The van der Waals surface area contributed by atoms with Crippen LogP contribution in [0.5, 0.6) is 34.5 Å². The number of nitriles is 2. The Hall–Kier alpha value is -3.82. The first-order chi connectivity index (χ1) is 15.1. The van der Waals surface area contributed by atoms with Crippen LogP contribution in [-0.2, 0) is 4.74 Å². The molecule has 0 amide bonds. The molecular weight excluding hydrogens is 404 g/mol. The molecule has 0 aromatic heterocycles. The van der Waals surface area contributed by atoms with Crippen LogP contribution in [0.3, 0.4) is 0 Å². The SMILES string of the molecule is COc1cc(C#N)cc(OC)c1OCCOCCOc1c(OC)cc(C#N)cc1OC. The number of ether oxygens (including phenoxy) is 7. The Balaban J connectivity index is 1.86. The maximum atomic E-state index is 9.08. The second kappa shape index (κ2) is 12.0. The minimum Gasteiger partial charge on any atom is -0.493 e. The maximum absolute atomic E-state index is 9.08. The van der Waals surface area contributed by atoms with Gasteiger partial charge >= 0.3 is 0 Å². The molecule has 164 valence electrons. The van der Waals surface area contributed by atoms with Crippen LogP contribution in [0.1, 0.15) is 11.1 Å². The standard InChI is InChI=1S/C22H24N2O7/c1-25-17-9-15(13-23)10-18(26-2)21(17)30-7-5-29-6-8-31-22-19(27-3)11-16(14-24)12-20(22)28-4/h9-12H,5-8H2,1-4H3. The van der Waals surface area contributed by atoms with Gasteiger partial charge in [-0.15, -0.1) is 0 Å². The Labute approximate surface area is 181 Å². The van der Waals surface area contributed by atoms with Crippen LogP contribution in [0, 0.1) is 22.7 Å². The van der Waals surface area contributed by atoms with Gasteiger partial charge in [0.05, 0.1) is 64.9 Å². The van der Waals surface area contributed by atoms with Crippen molar-refractivity contribution in [2.24, 2.45) is 0 Å². The minimum absolute atomic E-state index is 0.238. The Kier molecular flexibility index (Phi) is 9.09. The third-order valence-electron chi connectivity index (χ3n) is 4.13. The van der Waals surface area contributed by atoms with Gasteiger partial charge in [-0.25, -0.2) is 0 Å². The van der Waals surface area contributed by atoms with Gasteiger partial charge in [-0.1, -0.05) is 0 Å². The summed E-state index contributed by atoms with van der Waals surface area (Å²) in [5, 5.41) is 18.2. The minimum atomic E-state index is 0.238. The van der Waals surface area contributed by atoms with Gasteiger partial charge < -0.3 is 33.2 Å². The van der Waals surface area contributed by atoms with Gasteiger partial charge in [0, 0.05) is 24.3 Å². The average molecular weight is 428 g/mol. The first kappa shape index (κ1) is 23.5. The monoisotopic (exact) mass is 428 g/mol. The molecule has 31 heavy (non-hydrogen) atoms. The zero-order valence-electron chi connectivity index (χ0n) is 17.9. The maximum Gasteiger partial charge on any atom is 0.203 e. The van der Waals surface area contributed by atoms with E-state index < -0.39 is 0 Å². The number of hydrogen-bond donors (Lipinski definition) is 0. The fourth-order valence-electron chi connectivity index (χ4n) is 2.68. The van der Waals surface area contributed by atoms with Crippen molar-refractivity contribution in [1.82, 2.24) is 0 Å². The molecule has 0 radical (unpaired) electrons. The smallest absolute Gasteiger partial charge is 0.203 e. The van der Waals surface area contributed by atoms with E-state index in [1.807, 2.05) is 12.1 Å². The van der Waals surface area contributed by atoms with Gasteiger partial charge in [0.1, 0.15) is 13.2 Å². The molecule has 0 atom stereocenters. The summed E-state index contributed by atoms with van der Waals surface area (Å²) in [4.78, 5) is 0. The fraction of sp³-hybridized carbons (Fsp3) is 0.364. The number of rotatable bonds is 12. The summed E-state index contributed by atoms with van der Waals surface area (Å²) >= 11 is 0. The van der Waals surface area contributed by atoms with Crippen LogP contribution in [0.15, 0.2) is 24.3 Å². The molecule has 0 heterocycles. The van der Waals surface area contributed by atoms with Crippen LogP contribution in [0.25, 0.3) is 0 Å². The van der Waals surface area contributed by atoms with E-state index in [2.05, 4.69) is 0 Å². The average Bonchev–Trinajstić information content (AvgIpc) is 2.82.